The minimum Gasteiger partial charge on any atom is -0.345 e. The zero-order valence-electron chi connectivity index (χ0n) is 7.59. The second-order valence-electron chi connectivity index (χ2n) is 2.70. The molecule has 0 saturated carbocycles. The van der Waals surface area contributed by atoms with Crippen LogP contribution in [-0.2, 0) is 0 Å². The van der Waals surface area contributed by atoms with E-state index in [1.807, 2.05) is 32.1 Å². The van der Waals surface area contributed by atoms with E-state index in [2.05, 4.69) is 4.98 Å². The first-order valence-corrected chi connectivity index (χ1v) is 4.36. The van der Waals surface area contributed by atoms with Crippen molar-refractivity contribution in [3.8, 4) is 6.07 Å². The molecular weight excluding hydrogens is 180 g/mol. The molecule has 1 heterocycles. The lowest BCUT2D eigenvalue weighted by molar-refractivity contribution is 1.22. The Morgan fingerprint density at radius 1 is 1.62 bits per heavy atom. The number of allylic oxidation sites excluding steroid dienone is 2. The molecule has 0 aliphatic heterocycles. The molecule has 0 aromatic carbocycles. The number of aromatic amines is 1. The van der Waals surface area contributed by atoms with Crippen LogP contribution >= 0.6 is 12.2 Å². The standard InChI is InChI=1S/C10H10N2S/c1-3-7(2)9-5-4-8(6-11)10(13)12-9/h3-5H,1-2H3,(H,12,13). The Hall–Kier alpha value is -1.40. The fourth-order valence-corrected chi connectivity index (χ4v) is 1.17. The van der Waals surface area contributed by atoms with E-state index in [1.165, 1.54) is 0 Å². The predicted molar refractivity (Wildman–Crippen MR) is 55.7 cm³/mol. The summed E-state index contributed by atoms with van der Waals surface area (Å²) >= 11 is 5.00. The maximum Gasteiger partial charge on any atom is 0.121 e. The summed E-state index contributed by atoms with van der Waals surface area (Å²) in [6.45, 7) is 3.96. The third-order valence-electron chi connectivity index (χ3n) is 1.89. The molecule has 0 aliphatic rings. The number of nitrogens with one attached hydrogen (secondary N) is 1. The Kier molecular flexibility index (Phi) is 2.99. The molecule has 1 N–H and O–H groups in total. The summed E-state index contributed by atoms with van der Waals surface area (Å²) in [7, 11) is 0. The van der Waals surface area contributed by atoms with Gasteiger partial charge in [0.05, 0.1) is 5.56 Å². The fraction of sp³-hybridized carbons (Fsp3) is 0.200. The topological polar surface area (TPSA) is 39.6 Å². The summed E-state index contributed by atoms with van der Waals surface area (Å²) in [4.78, 5) is 3.00. The van der Waals surface area contributed by atoms with Gasteiger partial charge in [-0.3, -0.25) is 0 Å². The van der Waals surface area contributed by atoms with Crippen molar-refractivity contribution >= 4 is 17.8 Å². The normalized spacial score (nSPS) is 11.0. The van der Waals surface area contributed by atoms with Gasteiger partial charge in [0.15, 0.2) is 0 Å². The Bertz CT molecular complexity index is 435. The lowest BCUT2D eigenvalue weighted by Gasteiger charge is -2.00. The van der Waals surface area contributed by atoms with Crippen LogP contribution in [0.2, 0.25) is 0 Å². The Labute approximate surface area is 82.5 Å². The number of pyridine rings is 1. The maximum absolute atomic E-state index is 8.65. The molecule has 0 amide bonds. The van der Waals surface area contributed by atoms with Crippen molar-refractivity contribution in [3.63, 3.8) is 0 Å². The number of H-pyrrole nitrogens is 1. The highest BCUT2D eigenvalue weighted by molar-refractivity contribution is 7.71. The number of hydrogen-bond acceptors (Lipinski definition) is 2. The molecular formula is C10H10N2S. The molecule has 13 heavy (non-hydrogen) atoms. The predicted octanol–water partition coefficient (Wildman–Crippen LogP) is 3.04. The molecule has 0 saturated heterocycles. The third-order valence-corrected chi connectivity index (χ3v) is 2.21. The second kappa shape index (κ2) is 4.01. The van der Waals surface area contributed by atoms with Gasteiger partial charge < -0.3 is 4.98 Å². The number of hydrogen-bond donors (Lipinski definition) is 1. The third kappa shape index (κ3) is 2.04. The lowest BCUT2D eigenvalue weighted by Crippen LogP contribution is -1.88. The van der Waals surface area contributed by atoms with Gasteiger partial charge in [-0.25, -0.2) is 0 Å². The Balaban J connectivity index is 3.28. The summed E-state index contributed by atoms with van der Waals surface area (Å²) < 4.78 is 0.501. The summed E-state index contributed by atoms with van der Waals surface area (Å²) in [5.74, 6) is 0. The molecule has 0 spiro atoms. The average molecular weight is 190 g/mol. The van der Waals surface area contributed by atoms with E-state index in [4.69, 9.17) is 17.5 Å². The van der Waals surface area contributed by atoms with Crippen molar-refractivity contribution in [2.75, 3.05) is 0 Å². The van der Waals surface area contributed by atoms with E-state index in [0.29, 0.717) is 10.2 Å². The van der Waals surface area contributed by atoms with E-state index in [9.17, 15) is 0 Å². The highest BCUT2D eigenvalue weighted by Crippen LogP contribution is 2.11. The van der Waals surface area contributed by atoms with Crippen molar-refractivity contribution < 1.29 is 0 Å². The maximum atomic E-state index is 8.65. The molecule has 0 atom stereocenters. The number of nitriles is 1. The van der Waals surface area contributed by atoms with Gasteiger partial charge >= 0.3 is 0 Å². The average Bonchev–Trinajstić information content (AvgIpc) is 2.16. The molecule has 0 aliphatic carbocycles. The number of aromatic nitrogens is 1. The highest BCUT2D eigenvalue weighted by Gasteiger charge is 1.97. The second-order valence-corrected chi connectivity index (χ2v) is 3.11. The van der Waals surface area contributed by atoms with Gasteiger partial charge in [-0.15, -0.1) is 0 Å². The van der Waals surface area contributed by atoms with Gasteiger partial charge in [0.1, 0.15) is 10.7 Å². The van der Waals surface area contributed by atoms with E-state index in [-0.39, 0.29) is 0 Å². The molecule has 0 fully saturated rings. The van der Waals surface area contributed by atoms with E-state index in [1.54, 1.807) is 6.07 Å². The minimum atomic E-state index is 0.501. The van der Waals surface area contributed by atoms with Crippen LogP contribution in [0, 0.1) is 16.0 Å². The molecule has 3 heteroatoms. The largest absolute Gasteiger partial charge is 0.345 e. The van der Waals surface area contributed by atoms with Gasteiger partial charge in [0.2, 0.25) is 0 Å². The molecule has 0 radical (unpaired) electrons. The zero-order chi connectivity index (χ0) is 9.84. The van der Waals surface area contributed by atoms with Crippen LogP contribution < -0.4 is 0 Å². The first kappa shape index (κ1) is 9.69. The molecule has 66 valence electrons. The summed E-state index contributed by atoms with van der Waals surface area (Å²) in [5, 5.41) is 8.65. The van der Waals surface area contributed by atoms with Crippen LogP contribution in [0.25, 0.3) is 5.57 Å². The van der Waals surface area contributed by atoms with E-state index in [0.717, 1.165) is 11.3 Å². The first-order chi connectivity index (χ1) is 6.19. The summed E-state index contributed by atoms with van der Waals surface area (Å²) in [5.41, 5.74) is 2.60. The quantitative estimate of drug-likeness (QED) is 0.691. The molecule has 2 nitrogen and oxygen atoms in total. The lowest BCUT2D eigenvalue weighted by atomic mass is 10.2. The van der Waals surface area contributed by atoms with E-state index >= 15 is 0 Å². The summed E-state index contributed by atoms with van der Waals surface area (Å²) in [6, 6.07) is 5.63. The van der Waals surface area contributed by atoms with Crippen molar-refractivity contribution in [3.05, 3.63) is 34.1 Å². The SMILES string of the molecule is CC=C(C)c1ccc(C#N)c(=S)[nH]1. The van der Waals surface area contributed by atoms with Gasteiger partial charge in [-0.2, -0.15) is 5.26 Å². The van der Waals surface area contributed by atoms with Crippen LogP contribution in [0.3, 0.4) is 0 Å². The minimum absolute atomic E-state index is 0.501. The Morgan fingerprint density at radius 3 is 2.77 bits per heavy atom. The zero-order valence-corrected chi connectivity index (χ0v) is 8.40. The Morgan fingerprint density at radius 2 is 2.31 bits per heavy atom. The summed E-state index contributed by atoms with van der Waals surface area (Å²) in [6.07, 6.45) is 1.99. The first-order valence-electron chi connectivity index (χ1n) is 3.95. The van der Waals surface area contributed by atoms with E-state index < -0.39 is 0 Å². The molecule has 0 bridgehead atoms. The molecule has 1 rings (SSSR count). The van der Waals surface area contributed by atoms with Gasteiger partial charge in [0.25, 0.3) is 0 Å². The van der Waals surface area contributed by atoms with Crippen LogP contribution in [0.5, 0.6) is 0 Å². The monoisotopic (exact) mass is 190 g/mol. The smallest absolute Gasteiger partial charge is 0.121 e. The van der Waals surface area contributed by atoms with Gasteiger partial charge in [-0.1, -0.05) is 18.3 Å². The molecule has 1 aromatic heterocycles. The highest BCUT2D eigenvalue weighted by atomic mass is 32.1. The van der Waals surface area contributed by atoms with Crippen LogP contribution in [0.1, 0.15) is 25.1 Å². The van der Waals surface area contributed by atoms with Crippen molar-refractivity contribution in [1.82, 2.24) is 4.98 Å². The van der Waals surface area contributed by atoms with Crippen molar-refractivity contribution in [2.45, 2.75) is 13.8 Å². The van der Waals surface area contributed by atoms with Crippen molar-refractivity contribution in [1.29, 1.82) is 5.26 Å². The fourth-order valence-electron chi connectivity index (χ4n) is 0.947. The van der Waals surface area contributed by atoms with Crippen LogP contribution in [-0.4, -0.2) is 4.98 Å². The number of rotatable bonds is 1. The van der Waals surface area contributed by atoms with Gasteiger partial charge in [-0.05, 0) is 31.6 Å². The van der Waals surface area contributed by atoms with Crippen molar-refractivity contribution in [2.24, 2.45) is 0 Å². The molecule has 1 aromatic rings. The van der Waals surface area contributed by atoms with Crippen LogP contribution in [0.4, 0.5) is 0 Å². The number of nitrogens with zero attached hydrogens (tertiary/aromatic N) is 1. The van der Waals surface area contributed by atoms with Crippen LogP contribution in [0.15, 0.2) is 18.2 Å². The van der Waals surface area contributed by atoms with Gasteiger partial charge in [0, 0.05) is 5.69 Å². The molecule has 0 unspecified atom stereocenters.